The molecule has 0 bridgehead atoms. The predicted octanol–water partition coefficient (Wildman–Crippen LogP) is 3.41. The van der Waals surface area contributed by atoms with Gasteiger partial charge < -0.3 is 4.90 Å². The molecule has 1 aliphatic carbocycles. The number of hydrogen-bond donors (Lipinski definition) is 1. The van der Waals surface area contributed by atoms with Crippen molar-refractivity contribution in [2.75, 3.05) is 22.6 Å². The number of nitrogens with zero attached hydrogens (tertiary/aromatic N) is 3. The largest absolute Gasteiger partial charge is 0.312 e. The van der Waals surface area contributed by atoms with Gasteiger partial charge in [0.05, 0.1) is 16.8 Å². The van der Waals surface area contributed by atoms with Gasteiger partial charge in [-0.05, 0) is 43.0 Å². The molecule has 1 N–H and O–H groups in total. The van der Waals surface area contributed by atoms with Crippen LogP contribution in [-0.4, -0.2) is 33.8 Å². The van der Waals surface area contributed by atoms with Gasteiger partial charge in [0.1, 0.15) is 0 Å². The Labute approximate surface area is 189 Å². The Kier molecular flexibility index (Phi) is 5.70. The van der Waals surface area contributed by atoms with Crippen LogP contribution < -0.4 is 15.9 Å². The number of para-hydroxylation sites is 2. The smallest absolute Gasteiger partial charge is 0.281 e. The molecule has 3 aromatic rings. The summed E-state index contributed by atoms with van der Waals surface area (Å²) in [6.45, 7) is 0.287. The Hall–Kier alpha value is -3.13. The van der Waals surface area contributed by atoms with Gasteiger partial charge in [-0.2, -0.15) is 4.68 Å². The fraction of sp³-hybridized carbons (Fsp3) is 0.333. The molecular weight excluding hydrogens is 424 g/mol. The highest BCUT2D eigenvalue weighted by molar-refractivity contribution is 7.99. The number of benzene rings is 2. The fourth-order valence-electron chi connectivity index (χ4n) is 4.10. The molecule has 164 valence electrons. The molecule has 1 aromatic heterocycles. The number of aromatic nitrogens is 2. The minimum atomic E-state index is -0.537. The maximum atomic E-state index is 13.2. The molecule has 2 heterocycles. The summed E-state index contributed by atoms with van der Waals surface area (Å²) in [7, 11) is 0. The van der Waals surface area contributed by atoms with Gasteiger partial charge in [-0.25, -0.2) is 4.98 Å². The number of anilines is 1. The second kappa shape index (κ2) is 8.78. The lowest BCUT2D eigenvalue weighted by Crippen LogP contribution is -2.39. The molecule has 1 atom stereocenters. The standard InChI is InChI=1S/C24H24N4O3S/c29-21-13-17(14-27(21)18-9-2-1-3-10-18)22(30)26-28-23(31)19-11-4-5-12-20(19)25-24(28)32-15-16-7-6-8-16/h1-5,9-12,16-17H,6-8,13-15H2,(H,26,30). The molecule has 1 unspecified atom stereocenters. The highest BCUT2D eigenvalue weighted by atomic mass is 32.2. The summed E-state index contributed by atoms with van der Waals surface area (Å²) in [5.41, 5.74) is 3.86. The van der Waals surface area contributed by atoms with Crippen molar-refractivity contribution in [3.8, 4) is 0 Å². The molecule has 1 saturated carbocycles. The van der Waals surface area contributed by atoms with Crippen LogP contribution in [0.15, 0.2) is 64.5 Å². The predicted molar refractivity (Wildman–Crippen MR) is 125 cm³/mol. The van der Waals surface area contributed by atoms with E-state index in [1.165, 1.54) is 35.7 Å². The molecule has 8 heteroatoms. The van der Waals surface area contributed by atoms with E-state index in [9.17, 15) is 14.4 Å². The van der Waals surface area contributed by atoms with Crippen LogP contribution in [0.4, 0.5) is 5.69 Å². The molecule has 0 spiro atoms. The van der Waals surface area contributed by atoms with E-state index in [0.29, 0.717) is 22.0 Å². The third-order valence-electron chi connectivity index (χ3n) is 6.20. The van der Waals surface area contributed by atoms with Gasteiger partial charge in [-0.1, -0.05) is 48.5 Å². The number of carbonyl (C=O) groups excluding carboxylic acids is 2. The fourth-order valence-corrected chi connectivity index (χ4v) is 5.24. The third-order valence-corrected chi connectivity index (χ3v) is 7.37. The molecule has 0 radical (unpaired) electrons. The number of fused-ring (bicyclic) bond motifs is 1. The van der Waals surface area contributed by atoms with E-state index in [2.05, 4.69) is 10.4 Å². The van der Waals surface area contributed by atoms with Crippen LogP contribution in [0.1, 0.15) is 25.7 Å². The van der Waals surface area contributed by atoms with E-state index in [0.717, 1.165) is 11.4 Å². The summed E-state index contributed by atoms with van der Waals surface area (Å²) in [6.07, 6.45) is 3.74. The average molecular weight is 449 g/mol. The van der Waals surface area contributed by atoms with Crippen LogP contribution in [0.25, 0.3) is 10.9 Å². The summed E-state index contributed by atoms with van der Waals surface area (Å²) in [5.74, 6) is 0.510. The average Bonchev–Trinajstić information content (AvgIpc) is 3.17. The van der Waals surface area contributed by atoms with Gasteiger partial charge in [-0.15, -0.1) is 0 Å². The highest BCUT2D eigenvalue weighted by Crippen LogP contribution is 2.32. The van der Waals surface area contributed by atoms with Crippen molar-refractivity contribution < 1.29 is 9.59 Å². The van der Waals surface area contributed by atoms with Crippen LogP contribution in [0.2, 0.25) is 0 Å². The topological polar surface area (TPSA) is 84.3 Å². The van der Waals surface area contributed by atoms with Crippen molar-refractivity contribution in [3.63, 3.8) is 0 Å². The number of nitrogens with one attached hydrogen (secondary N) is 1. The molecule has 5 rings (SSSR count). The van der Waals surface area contributed by atoms with E-state index in [1.807, 2.05) is 42.5 Å². The lowest BCUT2D eigenvalue weighted by atomic mass is 9.87. The molecule has 7 nitrogen and oxygen atoms in total. The van der Waals surface area contributed by atoms with Crippen molar-refractivity contribution in [2.24, 2.45) is 11.8 Å². The van der Waals surface area contributed by atoms with Gasteiger partial charge in [0.2, 0.25) is 11.8 Å². The first-order chi connectivity index (χ1) is 15.6. The number of rotatable bonds is 6. The van der Waals surface area contributed by atoms with Crippen LogP contribution in [-0.2, 0) is 9.59 Å². The second-order valence-electron chi connectivity index (χ2n) is 8.38. The first-order valence-corrected chi connectivity index (χ1v) is 11.9. The van der Waals surface area contributed by atoms with Crippen molar-refractivity contribution in [3.05, 3.63) is 65.0 Å². The van der Waals surface area contributed by atoms with Gasteiger partial charge in [0.15, 0.2) is 5.16 Å². The van der Waals surface area contributed by atoms with E-state index in [1.54, 1.807) is 17.0 Å². The molecular formula is C24H24N4O3S. The number of hydrogen-bond acceptors (Lipinski definition) is 5. The van der Waals surface area contributed by atoms with Crippen LogP contribution in [0.3, 0.4) is 0 Å². The number of amides is 2. The van der Waals surface area contributed by atoms with Crippen LogP contribution in [0, 0.1) is 11.8 Å². The minimum absolute atomic E-state index is 0.0973. The minimum Gasteiger partial charge on any atom is -0.312 e. The molecule has 1 saturated heterocycles. The van der Waals surface area contributed by atoms with Crippen molar-refractivity contribution >= 4 is 40.2 Å². The zero-order valence-electron chi connectivity index (χ0n) is 17.6. The molecule has 2 aliphatic rings. The van der Waals surface area contributed by atoms with Crippen molar-refractivity contribution in [1.29, 1.82) is 0 Å². The van der Waals surface area contributed by atoms with Crippen LogP contribution in [0.5, 0.6) is 0 Å². The molecule has 2 fully saturated rings. The molecule has 2 aromatic carbocycles. The Balaban J connectivity index is 1.40. The van der Waals surface area contributed by atoms with E-state index < -0.39 is 5.92 Å². The normalized spacial score (nSPS) is 18.7. The van der Waals surface area contributed by atoms with E-state index in [4.69, 9.17) is 0 Å². The summed E-state index contributed by atoms with van der Waals surface area (Å²) in [5, 5.41) is 0.937. The molecule has 2 amide bonds. The SMILES string of the molecule is O=C(Nn1c(SCC2CCC2)nc2ccccc2c1=O)C1CC(=O)N(c2ccccc2)C1. The Morgan fingerprint density at radius 1 is 1.06 bits per heavy atom. The second-order valence-corrected chi connectivity index (χ2v) is 9.36. The van der Waals surface area contributed by atoms with Gasteiger partial charge >= 0.3 is 0 Å². The molecule has 32 heavy (non-hydrogen) atoms. The lowest BCUT2D eigenvalue weighted by molar-refractivity contribution is -0.123. The zero-order valence-corrected chi connectivity index (χ0v) is 18.4. The Morgan fingerprint density at radius 3 is 2.56 bits per heavy atom. The lowest BCUT2D eigenvalue weighted by Gasteiger charge is -2.25. The number of thioether (sulfide) groups is 1. The summed E-state index contributed by atoms with van der Waals surface area (Å²) >= 11 is 1.50. The Morgan fingerprint density at radius 2 is 1.81 bits per heavy atom. The summed E-state index contributed by atoms with van der Waals surface area (Å²) in [6, 6.07) is 16.5. The zero-order chi connectivity index (χ0) is 22.1. The maximum Gasteiger partial charge on any atom is 0.281 e. The monoisotopic (exact) mass is 448 g/mol. The Bertz CT molecular complexity index is 1220. The quantitative estimate of drug-likeness (QED) is 0.462. The number of carbonyl (C=O) groups is 2. The van der Waals surface area contributed by atoms with E-state index in [-0.39, 0.29) is 30.3 Å². The van der Waals surface area contributed by atoms with Gasteiger partial charge in [-0.3, -0.25) is 19.8 Å². The maximum absolute atomic E-state index is 13.2. The molecule has 1 aliphatic heterocycles. The van der Waals surface area contributed by atoms with Crippen molar-refractivity contribution in [2.45, 2.75) is 30.8 Å². The third kappa shape index (κ3) is 4.02. The van der Waals surface area contributed by atoms with Gasteiger partial charge in [0, 0.05) is 24.4 Å². The first kappa shape index (κ1) is 20.8. The summed E-state index contributed by atoms with van der Waals surface area (Å²) in [4.78, 5) is 45.1. The summed E-state index contributed by atoms with van der Waals surface area (Å²) < 4.78 is 1.27. The first-order valence-electron chi connectivity index (χ1n) is 10.9. The van der Waals surface area contributed by atoms with E-state index >= 15 is 0 Å². The van der Waals surface area contributed by atoms with Crippen molar-refractivity contribution in [1.82, 2.24) is 9.66 Å². The van der Waals surface area contributed by atoms with Gasteiger partial charge in [0.25, 0.3) is 5.56 Å². The van der Waals surface area contributed by atoms with Crippen LogP contribution >= 0.6 is 11.8 Å². The highest BCUT2D eigenvalue weighted by Gasteiger charge is 2.35.